The topological polar surface area (TPSA) is 54.5 Å². The number of nitrogens with zero attached hydrogens (tertiary/aromatic N) is 1. The highest BCUT2D eigenvalue weighted by Gasteiger charge is 1.87. The fraction of sp³-hybridized carbons (Fsp3) is 0.250. The Morgan fingerprint density at radius 1 is 1.00 bits per heavy atom. The second-order valence-electron chi connectivity index (χ2n) is 2.43. The largest absolute Gasteiger partial charge is 0.425 e. The van der Waals surface area contributed by atoms with E-state index in [1.165, 1.54) is 5.69 Å². The van der Waals surface area contributed by atoms with Crippen molar-refractivity contribution in [2.45, 2.75) is 0 Å². The molecule has 0 spiro atoms. The van der Waals surface area contributed by atoms with Gasteiger partial charge in [-0.25, -0.2) is 0 Å². The second kappa shape index (κ2) is 6.19. The number of benzene rings is 1. The Balaban J connectivity index is 0.000000310. The minimum Gasteiger partial charge on any atom is -0.378 e. The molecule has 0 saturated carbocycles. The van der Waals surface area contributed by atoms with Crippen LogP contribution in [0.1, 0.15) is 0 Å². The van der Waals surface area contributed by atoms with Crippen LogP contribution in [-0.4, -0.2) is 26.7 Å². The molecule has 0 atom stereocenters. The van der Waals surface area contributed by atoms with Crippen LogP contribution < -0.4 is 4.90 Å². The fourth-order valence-electron chi connectivity index (χ4n) is 0.726. The average Bonchev–Trinajstić information content (AvgIpc) is 2.05. The maximum atomic E-state index is 8.44. The van der Waals surface area contributed by atoms with Crippen molar-refractivity contribution in [1.82, 2.24) is 0 Å². The van der Waals surface area contributed by atoms with Crippen LogP contribution in [0.5, 0.6) is 0 Å². The van der Waals surface area contributed by atoms with Gasteiger partial charge in [0.15, 0.2) is 0 Å². The lowest BCUT2D eigenvalue weighted by atomic mass is 10.3. The summed E-state index contributed by atoms with van der Waals surface area (Å²) in [5.74, 6) is 0. The smallest absolute Gasteiger partial charge is 0.378 e. The van der Waals surface area contributed by atoms with Gasteiger partial charge in [-0.2, -0.15) is 0 Å². The lowest BCUT2D eigenvalue weighted by Crippen LogP contribution is -2.07. The molecule has 0 bridgehead atoms. The molecule has 0 heterocycles. The molecule has 1 aromatic rings. The Hall–Kier alpha value is -1.36. The van der Waals surface area contributed by atoms with E-state index in [1.54, 1.807) is 0 Å². The van der Waals surface area contributed by atoms with Crippen LogP contribution in [0.15, 0.2) is 30.3 Å². The van der Waals surface area contributed by atoms with Gasteiger partial charge in [0.1, 0.15) is 0 Å². The van der Waals surface area contributed by atoms with Gasteiger partial charge in [-0.15, -0.1) is 12.6 Å². The second-order valence-corrected chi connectivity index (χ2v) is 2.84. The predicted octanol–water partition coefficient (Wildman–Crippen LogP) is 0.748. The Morgan fingerprint density at radius 2 is 1.38 bits per heavy atom. The van der Waals surface area contributed by atoms with Crippen molar-refractivity contribution >= 4 is 16.3 Å². The molecule has 0 aliphatic rings. The van der Waals surface area contributed by atoms with Gasteiger partial charge >= 0.3 is 10.6 Å². The van der Waals surface area contributed by atoms with E-state index < -0.39 is 10.6 Å². The van der Waals surface area contributed by atoms with Crippen molar-refractivity contribution in [2.24, 2.45) is 0 Å². The van der Waals surface area contributed by atoms with E-state index in [0.717, 1.165) is 0 Å². The summed E-state index contributed by atoms with van der Waals surface area (Å²) >= 11 is 0. The molecule has 1 rings (SSSR count). The molecule has 13 heavy (non-hydrogen) atoms. The zero-order chi connectivity index (χ0) is 10.3. The zero-order valence-electron chi connectivity index (χ0n) is 7.47. The van der Waals surface area contributed by atoms with Gasteiger partial charge in [0.2, 0.25) is 0 Å². The van der Waals surface area contributed by atoms with Crippen molar-refractivity contribution in [3.05, 3.63) is 30.3 Å². The van der Waals surface area contributed by atoms with E-state index in [0.29, 0.717) is 0 Å². The third-order valence-electron chi connectivity index (χ3n) is 1.27. The van der Waals surface area contributed by atoms with Crippen molar-refractivity contribution < 1.29 is 12.6 Å². The molecule has 0 unspecified atom stereocenters. The molecular weight excluding hydrogens is 190 g/mol. The Bertz CT molecular complexity index is 323. The van der Waals surface area contributed by atoms with Gasteiger partial charge in [0.05, 0.1) is 0 Å². The van der Waals surface area contributed by atoms with E-state index in [9.17, 15) is 0 Å². The van der Waals surface area contributed by atoms with Crippen molar-refractivity contribution in [2.75, 3.05) is 19.0 Å². The van der Waals surface area contributed by atoms with Gasteiger partial charge in [0.25, 0.3) is 0 Å². The van der Waals surface area contributed by atoms with Gasteiger partial charge < -0.3 is 4.90 Å². The predicted molar refractivity (Wildman–Crippen MR) is 50.5 cm³/mol. The van der Waals surface area contributed by atoms with Crippen LogP contribution in [0.3, 0.4) is 0 Å². The third kappa shape index (κ3) is 7.02. The first-order chi connectivity index (χ1) is 6.04. The van der Waals surface area contributed by atoms with E-state index >= 15 is 0 Å². The number of hydrogen-bond donors (Lipinski definition) is 0. The third-order valence-corrected chi connectivity index (χ3v) is 1.27. The molecule has 5 heteroatoms. The average molecular weight is 201 g/mol. The van der Waals surface area contributed by atoms with Crippen LogP contribution in [0, 0.1) is 0 Å². The molecular formula is C8H11NO3S. The van der Waals surface area contributed by atoms with Gasteiger partial charge in [-0.3, -0.25) is 0 Å². The SMILES string of the molecule is CN(C)c1ccccc1.O=S(=O)=O. The van der Waals surface area contributed by atoms with Gasteiger partial charge in [0, 0.05) is 19.8 Å². The summed E-state index contributed by atoms with van der Waals surface area (Å²) in [5.41, 5.74) is 1.25. The highest BCUT2D eigenvalue weighted by atomic mass is 32.2. The first kappa shape index (κ1) is 11.6. The van der Waals surface area contributed by atoms with Crippen molar-refractivity contribution in [3.8, 4) is 0 Å². The highest BCUT2D eigenvalue weighted by molar-refractivity contribution is 7.59. The summed E-state index contributed by atoms with van der Waals surface area (Å²) in [7, 11) is 0.963. The zero-order valence-corrected chi connectivity index (χ0v) is 8.28. The molecule has 0 amide bonds. The van der Waals surface area contributed by atoms with E-state index in [1.807, 2.05) is 32.3 Å². The lowest BCUT2D eigenvalue weighted by Gasteiger charge is -2.10. The van der Waals surface area contributed by atoms with E-state index in [-0.39, 0.29) is 0 Å². The summed E-state index contributed by atoms with van der Waals surface area (Å²) in [5, 5.41) is 0. The highest BCUT2D eigenvalue weighted by Crippen LogP contribution is 2.07. The minimum absolute atomic E-state index is 1.25. The molecule has 0 fully saturated rings. The van der Waals surface area contributed by atoms with E-state index in [2.05, 4.69) is 17.0 Å². The van der Waals surface area contributed by atoms with Crippen LogP contribution in [0.25, 0.3) is 0 Å². The summed E-state index contributed by atoms with van der Waals surface area (Å²) < 4.78 is 25.3. The molecule has 4 nitrogen and oxygen atoms in total. The summed E-state index contributed by atoms with van der Waals surface area (Å²) in [6.45, 7) is 0. The number of hydrogen-bond acceptors (Lipinski definition) is 4. The quantitative estimate of drug-likeness (QED) is 0.672. The summed E-state index contributed by atoms with van der Waals surface area (Å²) in [4.78, 5) is 2.08. The van der Waals surface area contributed by atoms with E-state index in [4.69, 9.17) is 12.6 Å². The van der Waals surface area contributed by atoms with Crippen LogP contribution in [0.4, 0.5) is 5.69 Å². The Kier molecular flexibility index (Phi) is 5.54. The molecule has 0 aliphatic heterocycles. The van der Waals surface area contributed by atoms with Crippen molar-refractivity contribution in [3.63, 3.8) is 0 Å². The Labute approximate surface area is 78.9 Å². The molecule has 0 N–H and O–H groups in total. The molecule has 0 radical (unpaired) electrons. The monoisotopic (exact) mass is 201 g/mol. The van der Waals surface area contributed by atoms with Gasteiger partial charge in [-0.1, -0.05) is 18.2 Å². The van der Waals surface area contributed by atoms with Crippen LogP contribution >= 0.6 is 0 Å². The Morgan fingerprint density at radius 3 is 1.62 bits per heavy atom. The normalized spacial score (nSPS) is 8.15. The molecule has 0 saturated heterocycles. The number of rotatable bonds is 1. The first-order valence-electron chi connectivity index (χ1n) is 3.53. The van der Waals surface area contributed by atoms with Gasteiger partial charge in [-0.05, 0) is 12.1 Å². The molecule has 1 aromatic carbocycles. The number of anilines is 1. The summed E-state index contributed by atoms with van der Waals surface area (Å²) in [6.07, 6.45) is 0. The molecule has 0 aliphatic carbocycles. The molecule has 72 valence electrons. The van der Waals surface area contributed by atoms with Crippen LogP contribution in [-0.2, 0) is 10.6 Å². The number of para-hydroxylation sites is 1. The fourth-order valence-corrected chi connectivity index (χ4v) is 0.726. The van der Waals surface area contributed by atoms with Crippen molar-refractivity contribution in [1.29, 1.82) is 0 Å². The maximum absolute atomic E-state index is 8.44. The minimum atomic E-state index is -3.11. The molecule has 0 aromatic heterocycles. The first-order valence-corrected chi connectivity index (χ1v) is 4.53. The lowest BCUT2D eigenvalue weighted by molar-refractivity contribution is 0.559. The van der Waals surface area contributed by atoms with Crippen LogP contribution in [0.2, 0.25) is 0 Å². The standard InChI is InChI=1S/C8H11N.O3S/c1-9(2)8-6-4-3-5-7-8;1-4(2)3/h3-7H,1-2H3;. The maximum Gasteiger partial charge on any atom is 0.425 e. The summed E-state index contributed by atoms with van der Waals surface area (Å²) in [6, 6.07) is 10.3.